The summed E-state index contributed by atoms with van der Waals surface area (Å²) < 4.78 is 0.890. The van der Waals surface area contributed by atoms with Crippen molar-refractivity contribution < 1.29 is 9.59 Å². The SMILES string of the molecule is NC(=O)C[CH2][Sn]([Cl])([Cl])[CH2]CC(N)=O. The van der Waals surface area contributed by atoms with Crippen LogP contribution in [0, 0.1) is 0 Å². The molecule has 0 bridgehead atoms. The molecule has 0 saturated carbocycles. The van der Waals surface area contributed by atoms with Crippen LogP contribution in [0.5, 0.6) is 0 Å². The normalized spacial score (nSPS) is 11.2. The van der Waals surface area contributed by atoms with Crippen LogP contribution in [-0.2, 0) is 9.59 Å². The Hall–Kier alpha value is 0.319. The maximum absolute atomic E-state index is 10.4. The summed E-state index contributed by atoms with van der Waals surface area (Å²) in [4.78, 5) is 20.9. The molecule has 13 heavy (non-hydrogen) atoms. The van der Waals surface area contributed by atoms with Crippen LogP contribution in [0.2, 0.25) is 8.87 Å². The van der Waals surface area contributed by atoms with E-state index in [0.717, 1.165) is 0 Å². The van der Waals surface area contributed by atoms with Crippen molar-refractivity contribution >= 4 is 45.8 Å². The molecule has 0 fully saturated rings. The molecule has 0 spiro atoms. The van der Waals surface area contributed by atoms with E-state index in [-0.39, 0.29) is 12.8 Å². The third-order valence-corrected chi connectivity index (χ3v) is 12.1. The van der Waals surface area contributed by atoms with Crippen LogP contribution in [0.25, 0.3) is 0 Å². The zero-order chi connectivity index (χ0) is 10.5. The van der Waals surface area contributed by atoms with E-state index in [9.17, 15) is 9.59 Å². The van der Waals surface area contributed by atoms with Gasteiger partial charge in [0.15, 0.2) is 0 Å². The van der Waals surface area contributed by atoms with Crippen molar-refractivity contribution in [2.24, 2.45) is 11.5 Å². The van der Waals surface area contributed by atoms with E-state index >= 15 is 0 Å². The van der Waals surface area contributed by atoms with Crippen LogP contribution >= 0.6 is 17.8 Å². The quantitative estimate of drug-likeness (QED) is 0.699. The zero-order valence-electron chi connectivity index (χ0n) is 7.06. The summed E-state index contributed by atoms with van der Waals surface area (Å²) in [6.45, 7) is 0. The van der Waals surface area contributed by atoms with Crippen LogP contribution in [0.4, 0.5) is 0 Å². The second-order valence-electron chi connectivity index (χ2n) is 2.79. The molecule has 0 heterocycles. The van der Waals surface area contributed by atoms with Gasteiger partial charge in [-0.3, -0.25) is 0 Å². The summed E-state index contributed by atoms with van der Waals surface area (Å²) in [6, 6.07) is 0. The zero-order valence-corrected chi connectivity index (χ0v) is 11.4. The van der Waals surface area contributed by atoms with Gasteiger partial charge >= 0.3 is 88.6 Å². The van der Waals surface area contributed by atoms with Crippen molar-refractivity contribution in [2.75, 3.05) is 0 Å². The molecule has 0 saturated heterocycles. The molecule has 0 rings (SSSR count). The molecule has 2 amide bonds. The van der Waals surface area contributed by atoms with Gasteiger partial charge in [0.1, 0.15) is 0 Å². The van der Waals surface area contributed by atoms with Crippen LogP contribution in [0.15, 0.2) is 0 Å². The van der Waals surface area contributed by atoms with Gasteiger partial charge in [0.2, 0.25) is 0 Å². The molecule has 76 valence electrons. The molecule has 0 unspecified atom stereocenters. The predicted molar refractivity (Wildman–Crippen MR) is 54.7 cm³/mol. The standard InChI is InChI=1S/2C3H6NO.2ClH.Sn/c2*1-2-3(4)5;;;/h2*1-2H2,(H2,4,5);2*1H;/q;;;;+2/p-2. The number of hydrogen-bond donors (Lipinski definition) is 2. The number of hydrogen-bond acceptors (Lipinski definition) is 2. The summed E-state index contributed by atoms with van der Waals surface area (Å²) in [6.07, 6.45) is 0.393. The second-order valence-corrected chi connectivity index (χ2v) is 21.5. The van der Waals surface area contributed by atoms with Gasteiger partial charge < -0.3 is 0 Å². The number of carbonyl (C=O) groups is 2. The van der Waals surface area contributed by atoms with Gasteiger partial charge in [-0.25, -0.2) is 0 Å². The predicted octanol–water partition coefficient (Wildman–Crippen LogP) is 0.657. The van der Waals surface area contributed by atoms with Gasteiger partial charge in [-0.05, 0) is 0 Å². The second kappa shape index (κ2) is 5.93. The van der Waals surface area contributed by atoms with Crippen LogP contribution in [0.3, 0.4) is 0 Å². The number of carbonyl (C=O) groups excluding carboxylic acids is 2. The molecular formula is C6H12Cl2N2O2Sn. The Labute approximate surface area is 88.2 Å². The number of halogens is 2. The van der Waals surface area contributed by atoms with E-state index in [4.69, 9.17) is 29.3 Å². The van der Waals surface area contributed by atoms with Crippen molar-refractivity contribution in [3.05, 3.63) is 0 Å². The van der Waals surface area contributed by atoms with Crippen molar-refractivity contribution in [1.82, 2.24) is 0 Å². The summed E-state index contributed by atoms with van der Waals surface area (Å²) in [5, 5.41) is 0. The van der Waals surface area contributed by atoms with Gasteiger partial charge in [-0.15, -0.1) is 0 Å². The van der Waals surface area contributed by atoms with Crippen LogP contribution < -0.4 is 11.5 Å². The number of primary amides is 2. The van der Waals surface area contributed by atoms with Crippen molar-refractivity contribution in [3.63, 3.8) is 0 Å². The molecule has 7 heteroatoms. The summed E-state index contributed by atoms with van der Waals surface area (Å²) in [5.74, 6) is -0.831. The average Bonchev–Trinajstić information content (AvgIpc) is 1.98. The molecule has 4 N–H and O–H groups in total. The molecule has 0 aliphatic rings. The Morgan fingerprint density at radius 3 is 1.54 bits per heavy atom. The van der Waals surface area contributed by atoms with Gasteiger partial charge in [-0.1, -0.05) is 0 Å². The van der Waals surface area contributed by atoms with E-state index in [1.807, 2.05) is 0 Å². The Bertz CT molecular complexity index is 191. The fourth-order valence-corrected chi connectivity index (χ4v) is 7.48. The minimum absolute atomic E-state index is 0.196. The molecular weight excluding hydrogens is 322 g/mol. The van der Waals surface area contributed by atoms with Gasteiger partial charge in [0, 0.05) is 0 Å². The molecule has 0 aromatic heterocycles. The van der Waals surface area contributed by atoms with Gasteiger partial charge in [0.25, 0.3) is 0 Å². The number of amides is 2. The van der Waals surface area contributed by atoms with Crippen LogP contribution in [0.1, 0.15) is 12.8 Å². The first kappa shape index (κ1) is 13.3. The van der Waals surface area contributed by atoms with Crippen LogP contribution in [-0.4, -0.2) is 27.9 Å². The average molecular weight is 334 g/mol. The van der Waals surface area contributed by atoms with E-state index < -0.39 is 27.9 Å². The first-order valence-electron chi connectivity index (χ1n) is 3.78. The number of nitrogens with two attached hydrogens (primary N) is 2. The summed E-state index contributed by atoms with van der Waals surface area (Å²) in [5.41, 5.74) is 9.88. The first-order valence-corrected chi connectivity index (χ1v) is 15.0. The molecule has 4 nitrogen and oxygen atoms in total. The first-order chi connectivity index (χ1) is 5.83. The third-order valence-electron chi connectivity index (χ3n) is 1.47. The topological polar surface area (TPSA) is 86.2 Å². The maximum atomic E-state index is 10.4. The van der Waals surface area contributed by atoms with Crippen molar-refractivity contribution in [1.29, 1.82) is 0 Å². The Morgan fingerprint density at radius 1 is 1.00 bits per heavy atom. The van der Waals surface area contributed by atoms with E-state index in [1.165, 1.54) is 0 Å². The van der Waals surface area contributed by atoms with E-state index in [1.54, 1.807) is 0 Å². The molecule has 0 radical (unpaired) electrons. The Balaban J connectivity index is 3.79. The summed E-state index contributed by atoms with van der Waals surface area (Å²) >= 11 is -3.20. The molecule has 0 aromatic rings. The fourth-order valence-electron chi connectivity index (χ4n) is 0.737. The van der Waals surface area contributed by atoms with Gasteiger partial charge in [-0.2, -0.15) is 0 Å². The van der Waals surface area contributed by atoms with Gasteiger partial charge in [0.05, 0.1) is 0 Å². The monoisotopic (exact) mass is 334 g/mol. The molecule has 0 aliphatic heterocycles. The molecule has 0 aromatic carbocycles. The minimum atomic E-state index is -3.20. The molecule has 0 atom stereocenters. The Morgan fingerprint density at radius 2 is 1.31 bits per heavy atom. The fraction of sp³-hybridized carbons (Fsp3) is 0.667. The molecule has 0 aliphatic carbocycles. The van der Waals surface area contributed by atoms with E-state index in [2.05, 4.69) is 0 Å². The summed E-state index contributed by atoms with van der Waals surface area (Å²) in [7, 11) is 12.0. The Kier molecular flexibility index (Phi) is 6.07. The van der Waals surface area contributed by atoms with Crippen molar-refractivity contribution in [3.8, 4) is 0 Å². The number of rotatable bonds is 6. The van der Waals surface area contributed by atoms with Crippen molar-refractivity contribution in [2.45, 2.75) is 21.7 Å². The van der Waals surface area contributed by atoms with E-state index in [0.29, 0.717) is 8.87 Å². The third kappa shape index (κ3) is 8.64.